The summed E-state index contributed by atoms with van der Waals surface area (Å²) in [6, 6.07) is 6.19. The first kappa shape index (κ1) is 24.0. The fourth-order valence-electron chi connectivity index (χ4n) is 2.86. The number of aromatic nitrogens is 2. The minimum absolute atomic E-state index is 0.150. The summed E-state index contributed by atoms with van der Waals surface area (Å²) < 4.78 is 64.7. The van der Waals surface area contributed by atoms with E-state index in [-0.39, 0.29) is 22.0 Å². The summed E-state index contributed by atoms with van der Waals surface area (Å²) in [5, 5.41) is 31.5. The number of rotatable bonds is 6. The Morgan fingerprint density at radius 1 is 0.939 bits per heavy atom. The Bertz CT molecular complexity index is 1520. The summed E-state index contributed by atoms with van der Waals surface area (Å²) in [5.74, 6) is -1.96. The van der Waals surface area contributed by atoms with Crippen LogP contribution in [0.3, 0.4) is 0 Å². The molecular formula is C18H16N4O9S2. The first-order valence-corrected chi connectivity index (χ1v) is 11.7. The molecule has 0 spiro atoms. The van der Waals surface area contributed by atoms with Gasteiger partial charge in [-0.3, -0.25) is 9.11 Å². The Morgan fingerprint density at radius 3 is 2.06 bits per heavy atom. The second kappa shape index (κ2) is 8.36. The molecule has 0 aliphatic rings. The average molecular weight is 496 g/mol. The molecule has 13 nitrogen and oxygen atoms in total. The number of benzene rings is 2. The smallest absolute Gasteiger partial charge is 0.337 e. The van der Waals surface area contributed by atoms with Crippen LogP contribution in [-0.2, 0) is 20.2 Å². The highest BCUT2D eigenvalue weighted by molar-refractivity contribution is 7.86. The van der Waals surface area contributed by atoms with Crippen LogP contribution in [-0.4, -0.2) is 51.9 Å². The third kappa shape index (κ3) is 4.90. The van der Waals surface area contributed by atoms with Gasteiger partial charge in [0.15, 0.2) is 5.69 Å². The summed E-state index contributed by atoms with van der Waals surface area (Å²) >= 11 is 0. The molecule has 0 radical (unpaired) electrons. The van der Waals surface area contributed by atoms with Gasteiger partial charge in [-0.05, 0) is 55.8 Å². The van der Waals surface area contributed by atoms with Gasteiger partial charge < -0.3 is 10.2 Å². The van der Waals surface area contributed by atoms with Gasteiger partial charge in [0.25, 0.3) is 20.2 Å². The number of hydrogen-bond donors (Lipinski definition) is 4. The monoisotopic (exact) mass is 496 g/mol. The van der Waals surface area contributed by atoms with E-state index in [1.807, 2.05) is 0 Å². The molecular weight excluding hydrogens is 480 g/mol. The van der Waals surface area contributed by atoms with Crippen molar-refractivity contribution in [1.29, 1.82) is 0 Å². The quantitative estimate of drug-likeness (QED) is 0.289. The molecule has 0 aliphatic carbocycles. The van der Waals surface area contributed by atoms with E-state index in [0.717, 1.165) is 28.9 Å². The van der Waals surface area contributed by atoms with Crippen LogP contribution in [0.2, 0.25) is 0 Å². The number of hydrogen-bond acceptors (Lipinski definition) is 9. The van der Waals surface area contributed by atoms with Crippen molar-refractivity contribution in [2.45, 2.75) is 23.6 Å². The molecule has 2 aromatic carbocycles. The summed E-state index contributed by atoms with van der Waals surface area (Å²) in [4.78, 5) is 10.5. The SMILES string of the molecule is Cc1cc(S(=O)(=O)O)ccc1-n1nc(C)c(N=Nc2cc(S(=O)(=O)O)ccc2C(=O)O)c1O. The average Bonchev–Trinajstić information content (AvgIpc) is 2.98. The molecule has 33 heavy (non-hydrogen) atoms. The van der Waals surface area contributed by atoms with E-state index in [1.54, 1.807) is 0 Å². The topological polar surface area (TPSA) is 209 Å². The van der Waals surface area contributed by atoms with E-state index in [0.29, 0.717) is 5.56 Å². The van der Waals surface area contributed by atoms with E-state index in [1.165, 1.54) is 26.0 Å². The Labute approximate surface area is 187 Å². The summed E-state index contributed by atoms with van der Waals surface area (Å²) in [6.45, 7) is 2.97. The highest BCUT2D eigenvalue weighted by Gasteiger charge is 2.20. The van der Waals surface area contributed by atoms with Crippen molar-refractivity contribution in [2.24, 2.45) is 10.2 Å². The van der Waals surface area contributed by atoms with Crippen molar-refractivity contribution in [3.8, 4) is 11.6 Å². The molecule has 3 rings (SSSR count). The second-order valence-corrected chi connectivity index (χ2v) is 9.60. The van der Waals surface area contributed by atoms with E-state index in [2.05, 4.69) is 15.3 Å². The molecule has 0 amide bonds. The number of aryl methyl sites for hydroxylation is 2. The van der Waals surface area contributed by atoms with Gasteiger partial charge in [-0.15, -0.1) is 10.2 Å². The number of carboxylic acid groups (broad SMARTS) is 1. The minimum atomic E-state index is -4.64. The van der Waals surface area contributed by atoms with Gasteiger partial charge >= 0.3 is 5.97 Å². The Hall–Kier alpha value is -3.66. The highest BCUT2D eigenvalue weighted by Crippen LogP contribution is 2.35. The first-order valence-electron chi connectivity index (χ1n) is 8.84. The van der Waals surface area contributed by atoms with Crippen molar-refractivity contribution >= 4 is 37.6 Å². The van der Waals surface area contributed by atoms with Crippen molar-refractivity contribution in [2.75, 3.05) is 0 Å². The Morgan fingerprint density at radius 2 is 1.52 bits per heavy atom. The number of carboxylic acids is 1. The Balaban J connectivity index is 2.09. The zero-order valence-corrected chi connectivity index (χ0v) is 18.5. The third-order valence-electron chi connectivity index (χ3n) is 4.45. The van der Waals surface area contributed by atoms with Crippen LogP contribution in [0.1, 0.15) is 21.6 Å². The number of aromatic carboxylic acids is 1. The molecule has 1 heterocycles. The first-order chi connectivity index (χ1) is 15.2. The molecule has 0 atom stereocenters. The maximum absolute atomic E-state index is 11.4. The molecule has 3 aromatic rings. The Kier molecular flexibility index (Phi) is 6.08. The lowest BCUT2D eigenvalue weighted by Gasteiger charge is -2.08. The molecule has 0 aliphatic heterocycles. The van der Waals surface area contributed by atoms with Crippen LogP contribution in [0.25, 0.3) is 5.69 Å². The predicted octanol–water partition coefficient (Wildman–Crippen LogP) is 2.80. The van der Waals surface area contributed by atoms with Crippen molar-refractivity contribution in [3.63, 3.8) is 0 Å². The highest BCUT2D eigenvalue weighted by atomic mass is 32.2. The van der Waals surface area contributed by atoms with Crippen LogP contribution in [0, 0.1) is 13.8 Å². The molecule has 0 saturated heterocycles. The van der Waals surface area contributed by atoms with Crippen LogP contribution < -0.4 is 0 Å². The third-order valence-corrected chi connectivity index (χ3v) is 6.15. The summed E-state index contributed by atoms with van der Waals surface area (Å²) in [6.07, 6.45) is 0. The van der Waals surface area contributed by atoms with Crippen molar-refractivity contribution < 1.29 is 40.9 Å². The lowest BCUT2D eigenvalue weighted by atomic mass is 10.2. The molecule has 4 N–H and O–H groups in total. The van der Waals surface area contributed by atoms with Gasteiger partial charge in [0.1, 0.15) is 5.69 Å². The second-order valence-electron chi connectivity index (χ2n) is 6.75. The molecule has 174 valence electrons. The van der Waals surface area contributed by atoms with Crippen molar-refractivity contribution in [3.05, 3.63) is 53.2 Å². The van der Waals surface area contributed by atoms with E-state index < -0.39 is 48.2 Å². The maximum Gasteiger partial charge on any atom is 0.337 e. The lowest BCUT2D eigenvalue weighted by molar-refractivity contribution is 0.0697. The van der Waals surface area contributed by atoms with Gasteiger partial charge in [-0.25, -0.2) is 4.79 Å². The molecule has 0 fully saturated rings. The van der Waals surface area contributed by atoms with E-state index in [4.69, 9.17) is 4.55 Å². The predicted molar refractivity (Wildman–Crippen MR) is 112 cm³/mol. The zero-order valence-electron chi connectivity index (χ0n) is 16.9. The number of aromatic hydroxyl groups is 1. The maximum atomic E-state index is 11.4. The minimum Gasteiger partial charge on any atom is -0.492 e. The van der Waals surface area contributed by atoms with Crippen molar-refractivity contribution in [1.82, 2.24) is 9.78 Å². The molecule has 0 bridgehead atoms. The number of nitrogens with zero attached hydrogens (tertiary/aromatic N) is 4. The van der Waals surface area contributed by atoms with Crippen LogP contribution >= 0.6 is 0 Å². The van der Waals surface area contributed by atoms with Crippen LogP contribution in [0.15, 0.2) is 56.4 Å². The van der Waals surface area contributed by atoms with Crippen LogP contribution in [0.4, 0.5) is 11.4 Å². The van der Waals surface area contributed by atoms with Gasteiger partial charge in [-0.1, -0.05) is 0 Å². The van der Waals surface area contributed by atoms with Gasteiger partial charge in [0.05, 0.1) is 26.7 Å². The molecule has 0 unspecified atom stereocenters. The molecule has 1 aromatic heterocycles. The van der Waals surface area contributed by atoms with E-state index >= 15 is 0 Å². The fourth-order valence-corrected chi connectivity index (χ4v) is 3.92. The number of carbonyl (C=O) groups is 1. The lowest BCUT2D eigenvalue weighted by Crippen LogP contribution is -2.03. The zero-order chi connectivity index (χ0) is 24.7. The molecule has 0 saturated carbocycles. The van der Waals surface area contributed by atoms with Crippen LogP contribution in [0.5, 0.6) is 5.88 Å². The summed E-state index contributed by atoms with van der Waals surface area (Å²) in [7, 11) is -9.07. The standard InChI is InChI=1S/C18H16N4O9S2/c1-9-7-11(32(26,27)28)4-6-15(9)22-17(23)16(10(2)21-22)20-19-14-8-12(33(29,30)31)3-5-13(14)18(24)25/h3-8,23H,1-2H3,(H,24,25)(H,26,27,28)(H,29,30,31). The molecule has 15 heteroatoms. The van der Waals surface area contributed by atoms with Gasteiger partial charge in [0.2, 0.25) is 5.88 Å². The summed E-state index contributed by atoms with van der Waals surface area (Å²) in [5.41, 5.74) is -0.256. The fraction of sp³-hybridized carbons (Fsp3) is 0.111. The largest absolute Gasteiger partial charge is 0.492 e. The van der Waals surface area contributed by atoms with E-state index in [9.17, 15) is 36.4 Å². The normalized spacial score (nSPS) is 12.4. The van der Waals surface area contributed by atoms with Gasteiger partial charge in [0, 0.05) is 0 Å². The van der Waals surface area contributed by atoms with Gasteiger partial charge in [-0.2, -0.15) is 26.6 Å². The number of azo groups is 1.